The zero-order valence-electron chi connectivity index (χ0n) is 17.0. The molecule has 0 saturated carbocycles. The van der Waals surface area contributed by atoms with Gasteiger partial charge in [0.2, 0.25) is 10.0 Å². The third-order valence-electron chi connectivity index (χ3n) is 5.14. The summed E-state index contributed by atoms with van der Waals surface area (Å²) in [6.07, 6.45) is 3.69. The number of anilines is 1. The molecule has 3 N–H and O–H groups in total. The summed E-state index contributed by atoms with van der Waals surface area (Å²) >= 11 is 0. The van der Waals surface area contributed by atoms with E-state index in [1.165, 1.54) is 23.3 Å². The van der Waals surface area contributed by atoms with Gasteiger partial charge in [0.25, 0.3) is 0 Å². The SMILES string of the molecule is COc1ccc2c(c1)CC(NC[C@@H](O)c1cc(NS(C)(=O)=O)ccc1F)CCC2.Cl. The molecule has 0 radical (unpaired) electrons. The summed E-state index contributed by atoms with van der Waals surface area (Å²) in [4.78, 5) is 0. The van der Waals surface area contributed by atoms with Gasteiger partial charge in [0, 0.05) is 23.8 Å². The lowest BCUT2D eigenvalue weighted by molar-refractivity contribution is 0.164. The van der Waals surface area contributed by atoms with E-state index in [0.717, 1.165) is 43.8 Å². The molecule has 0 amide bonds. The maximum Gasteiger partial charge on any atom is 0.229 e. The molecule has 166 valence electrons. The van der Waals surface area contributed by atoms with E-state index in [4.69, 9.17) is 4.74 Å². The predicted octanol–water partition coefficient (Wildman–Crippen LogP) is 3.20. The fourth-order valence-electron chi connectivity index (χ4n) is 3.71. The number of fused-ring (bicyclic) bond motifs is 1. The van der Waals surface area contributed by atoms with Gasteiger partial charge in [-0.3, -0.25) is 4.72 Å². The highest BCUT2D eigenvalue weighted by atomic mass is 35.5. The molecule has 0 spiro atoms. The van der Waals surface area contributed by atoms with E-state index in [0.29, 0.717) is 0 Å². The van der Waals surface area contributed by atoms with Crippen LogP contribution in [0.1, 0.15) is 35.6 Å². The molecule has 0 aromatic heterocycles. The molecule has 3 rings (SSSR count). The van der Waals surface area contributed by atoms with E-state index in [1.54, 1.807) is 7.11 Å². The first kappa shape index (κ1) is 24.4. The van der Waals surface area contributed by atoms with Gasteiger partial charge in [-0.25, -0.2) is 12.8 Å². The lowest BCUT2D eigenvalue weighted by Gasteiger charge is -2.21. The van der Waals surface area contributed by atoms with Crippen LogP contribution in [0.4, 0.5) is 10.1 Å². The van der Waals surface area contributed by atoms with Crippen molar-refractivity contribution in [1.29, 1.82) is 0 Å². The van der Waals surface area contributed by atoms with Crippen molar-refractivity contribution in [2.45, 2.75) is 37.8 Å². The monoisotopic (exact) mass is 458 g/mol. The number of methoxy groups -OCH3 is 1. The van der Waals surface area contributed by atoms with Crippen LogP contribution in [-0.4, -0.2) is 39.5 Å². The number of hydrogen-bond acceptors (Lipinski definition) is 5. The molecule has 9 heteroatoms. The molecule has 6 nitrogen and oxygen atoms in total. The Morgan fingerprint density at radius 2 is 2.00 bits per heavy atom. The highest BCUT2D eigenvalue weighted by Gasteiger charge is 2.20. The lowest BCUT2D eigenvalue weighted by Crippen LogP contribution is -2.34. The van der Waals surface area contributed by atoms with E-state index >= 15 is 0 Å². The van der Waals surface area contributed by atoms with Gasteiger partial charge in [-0.15, -0.1) is 12.4 Å². The van der Waals surface area contributed by atoms with Crippen molar-refractivity contribution in [3.05, 3.63) is 58.9 Å². The number of aliphatic hydroxyl groups is 1. The Kier molecular flexibility index (Phi) is 8.49. The summed E-state index contributed by atoms with van der Waals surface area (Å²) in [5.41, 5.74) is 2.81. The number of nitrogens with one attached hydrogen (secondary N) is 2. The second-order valence-electron chi connectivity index (χ2n) is 7.46. The van der Waals surface area contributed by atoms with Gasteiger partial charge in [0.1, 0.15) is 11.6 Å². The second kappa shape index (κ2) is 10.4. The van der Waals surface area contributed by atoms with Crippen molar-refractivity contribution in [2.75, 3.05) is 24.6 Å². The summed E-state index contributed by atoms with van der Waals surface area (Å²) in [7, 11) is -1.84. The Labute approximate surface area is 183 Å². The zero-order chi connectivity index (χ0) is 21.0. The molecule has 0 heterocycles. The fraction of sp³-hybridized carbons (Fsp3) is 0.429. The normalized spacial score (nSPS) is 17.3. The van der Waals surface area contributed by atoms with Crippen molar-refractivity contribution in [3.63, 3.8) is 0 Å². The third-order valence-corrected chi connectivity index (χ3v) is 5.74. The zero-order valence-corrected chi connectivity index (χ0v) is 18.7. The minimum atomic E-state index is -3.48. The number of aryl methyl sites for hydroxylation is 1. The van der Waals surface area contributed by atoms with Gasteiger partial charge < -0.3 is 15.2 Å². The highest BCUT2D eigenvalue weighted by Crippen LogP contribution is 2.26. The van der Waals surface area contributed by atoms with Gasteiger partial charge in [-0.05, 0) is 67.1 Å². The summed E-state index contributed by atoms with van der Waals surface area (Å²) < 4.78 is 44.6. The van der Waals surface area contributed by atoms with Gasteiger partial charge >= 0.3 is 0 Å². The van der Waals surface area contributed by atoms with E-state index < -0.39 is 21.9 Å². The van der Waals surface area contributed by atoms with Crippen LogP contribution >= 0.6 is 12.4 Å². The van der Waals surface area contributed by atoms with Crippen LogP contribution < -0.4 is 14.8 Å². The maximum absolute atomic E-state index is 14.2. The average Bonchev–Trinajstić information content (AvgIpc) is 2.87. The Bertz CT molecular complexity index is 971. The van der Waals surface area contributed by atoms with E-state index in [9.17, 15) is 17.9 Å². The molecule has 1 aliphatic rings. The largest absolute Gasteiger partial charge is 0.497 e. The maximum atomic E-state index is 14.2. The standard InChI is InChI=1S/C21H27FN2O4S.ClH/c1-28-18-8-6-14-4-3-5-16(10-15(14)11-18)23-13-21(25)19-12-17(7-9-20(19)22)24-29(2,26)27;/h6-9,11-12,16,21,23-25H,3-5,10,13H2,1-2H3;1H/t16?,21-;/m1./s1. The van der Waals surface area contributed by atoms with Crippen molar-refractivity contribution in [2.24, 2.45) is 0 Å². The van der Waals surface area contributed by atoms with Crippen molar-refractivity contribution >= 4 is 28.1 Å². The van der Waals surface area contributed by atoms with E-state index in [-0.39, 0.29) is 36.2 Å². The number of halogens is 2. The summed E-state index contributed by atoms with van der Waals surface area (Å²) in [6.45, 7) is 0.170. The Morgan fingerprint density at radius 3 is 2.70 bits per heavy atom. The smallest absolute Gasteiger partial charge is 0.229 e. The van der Waals surface area contributed by atoms with E-state index in [2.05, 4.69) is 16.1 Å². The van der Waals surface area contributed by atoms with Crippen molar-refractivity contribution in [1.82, 2.24) is 5.32 Å². The first-order valence-electron chi connectivity index (χ1n) is 9.59. The van der Waals surface area contributed by atoms with E-state index in [1.807, 2.05) is 12.1 Å². The minimum absolute atomic E-state index is 0. The van der Waals surface area contributed by atoms with Crippen LogP contribution in [0.25, 0.3) is 0 Å². The number of hydrogen-bond donors (Lipinski definition) is 3. The first-order valence-corrected chi connectivity index (χ1v) is 11.5. The molecular formula is C21H28ClFN2O4S. The van der Waals surface area contributed by atoms with Crippen LogP contribution in [0.5, 0.6) is 5.75 Å². The average molecular weight is 459 g/mol. The topological polar surface area (TPSA) is 87.7 Å². The first-order chi connectivity index (χ1) is 13.7. The molecule has 0 aliphatic heterocycles. The number of sulfonamides is 1. The molecule has 0 saturated heterocycles. The number of aliphatic hydroxyl groups excluding tert-OH is 1. The lowest BCUT2D eigenvalue weighted by atomic mass is 10.0. The Balaban J connectivity index is 0.00000320. The predicted molar refractivity (Wildman–Crippen MR) is 119 cm³/mol. The van der Waals surface area contributed by atoms with Crippen LogP contribution in [0.15, 0.2) is 36.4 Å². The van der Waals surface area contributed by atoms with Crippen LogP contribution in [0, 0.1) is 5.82 Å². The van der Waals surface area contributed by atoms with Gasteiger partial charge in [0.15, 0.2) is 0 Å². The molecule has 0 fully saturated rings. The Morgan fingerprint density at radius 1 is 1.23 bits per heavy atom. The van der Waals surface area contributed by atoms with Gasteiger partial charge in [-0.2, -0.15) is 0 Å². The van der Waals surface area contributed by atoms with Crippen LogP contribution in [-0.2, 0) is 22.9 Å². The second-order valence-corrected chi connectivity index (χ2v) is 9.21. The Hall–Kier alpha value is -1.87. The fourth-order valence-corrected chi connectivity index (χ4v) is 4.26. The number of benzene rings is 2. The molecular weight excluding hydrogens is 431 g/mol. The molecule has 1 unspecified atom stereocenters. The van der Waals surface area contributed by atoms with Crippen molar-refractivity contribution < 1.29 is 22.7 Å². The van der Waals surface area contributed by atoms with Crippen LogP contribution in [0.3, 0.4) is 0 Å². The van der Waals surface area contributed by atoms with Gasteiger partial charge in [0.05, 0.1) is 19.5 Å². The summed E-state index contributed by atoms with van der Waals surface area (Å²) in [6, 6.07) is 10.1. The quantitative estimate of drug-likeness (QED) is 0.554. The molecule has 2 aromatic rings. The molecule has 1 aliphatic carbocycles. The summed E-state index contributed by atoms with van der Waals surface area (Å²) in [5, 5.41) is 13.8. The molecule has 30 heavy (non-hydrogen) atoms. The number of rotatable bonds is 7. The molecule has 2 atom stereocenters. The van der Waals surface area contributed by atoms with Gasteiger partial charge in [-0.1, -0.05) is 6.07 Å². The molecule has 0 bridgehead atoms. The van der Waals surface area contributed by atoms with Crippen molar-refractivity contribution in [3.8, 4) is 5.75 Å². The third kappa shape index (κ3) is 6.57. The minimum Gasteiger partial charge on any atom is -0.497 e. The number of ether oxygens (including phenoxy) is 1. The van der Waals surface area contributed by atoms with Crippen LogP contribution in [0.2, 0.25) is 0 Å². The molecule has 2 aromatic carbocycles. The summed E-state index contributed by atoms with van der Waals surface area (Å²) in [5.74, 6) is 0.246. The highest BCUT2D eigenvalue weighted by molar-refractivity contribution is 7.92.